The van der Waals surface area contributed by atoms with Crippen molar-refractivity contribution in [3.8, 4) is 0 Å². The molecule has 7 heteroatoms. The van der Waals surface area contributed by atoms with Gasteiger partial charge in [0, 0.05) is 12.6 Å². The fraction of sp³-hybridized carbons (Fsp3) is 0.917. The molecule has 6 nitrogen and oxygen atoms in total. The van der Waals surface area contributed by atoms with Crippen LogP contribution in [0.1, 0.15) is 26.2 Å². The number of hydrogen-bond acceptors (Lipinski definition) is 5. The van der Waals surface area contributed by atoms with Gasteiger partial charge in [-0.2, -0.15) is 0 Å². The van der Waals surface area contributed by atoms with Gasteiger partial charge in [-0.1, -0.05) is 6.42 Å². The van der Waals surface area contributed by atoms with Crippen LogP contribution in [-0.2, 0) is 19.6 Å². The number of esters is 1. The molecule has 1 saturated carbocycles. The Hall–Kier alpha value is -0.660. The van der Waals surface area contributed by atoms with Crippen LogP contribution >= 0.6 is 0 Å². The number of methoxy groups -OCH3 is 1. The zero-order chi connectivity index (χ0) is 14.6. The highest BCUT2D eigenvalue weighted by molar-refractivity contribution is 7.90. The Balaban J connectivity index is 2.73. The summed E-state index contributed by atoms with van der Waals surface area (Å²) in [6, 6.07) is -0.182. The van der Waals surface area contributed by atoms with Gasteiger partial charge in [0.1, 0.15) is 0 Å². The van der Waals surface area contributed by atoms with Crippen molar-refractivity contribution in [2.75, 3.05) is 27.7 Å². The minimum absolute atomic E-state index is 0.182. The highest BCUT2D eigenvalue weighted by Crippen LogP contribution is 2.31. The van der Waals surface area contributed by atoms with Gasteiger partial charge >= 0.3 is 5.97 Å². The molecule has 0 bridgehead atoms. The Bertz CT molecular complexity index is 408. The van der Waals surface area contributed by atoms with Gasteiger partial charge in [0.05, 0.1) is 18.3 Å². The van der Waals surface area contributed by atoms with Gasteiger partial charge in [-0.3, -0.25) is 4.79 Å². The van der Waals surface area contributed by atoms with Crippen LogP contribution in [-0.4, -0.2) is 58.3 Å². The molecule has 112 valence electrons. The van der Waals surface area contributed by atoms with Crippen LogP contribution in [0, 0.1) is 5.92 Å². The number of carbonyl (C=O) groups excluding carboxylic acids is 1. The third kappa shape index (κ3) is 4.43. The molecule has 0 radical (unpaired) electrons. The Morgan fingerprint density at radius 1 is 1.42 bits per heavy atom. The lowest BCUT2D eigenvalue weighted by molar-refractivity contribution is -0.145. The van der Waals surface area contributed by atoms with Crippen LogP contribution in [0.25, 0.3) is 0 Å². The fourth-order valence-corrected chi connectivity index (χ4v) is 4.64. The first-order valence-corrected chi connectivity index (χ1v) is 8.06. The summed E-state index contributed by atoms with van der Waals surface area (Å²) < 4.78 is 32.0. The van der Waals surface area contributed by atoms with E-state index in [1.807, 2.05) is 25.9 Å². The molecule has 0 heterocycles. The van der Waals surface area contributed by atoms with Crippen molar-refractivity contribution in [1.29, 1.82) is 0 Å². The zero-order valence-corrected chi connectivity index (χ0v) is 12.9. The number of likely N-dealkylation sites (N-methyl/N-ethyl adjacent to an activating group) is 1. The SMILES string of the molecule is COC(=O)C1CCCC1S(=O)(=O)NC(C)CN(C)C. The van der Waals surface area contributed by atoms with Gasteiger partial charge in [0.25, 0.3) is 0 Å². The smallest absolute Gasteiger partial charge is 0.310 e. The molecule has 0 amide bonds. The molecule has 0 saturated heterocycles. The second kappa shape index (κ2) is 6.67. The highest BCUT2D eigenvalue weighted by atomic mass is 32.2. The minimum atomic E-state index is -3.49. The molecule has 0 aliphatic heterocycles. The van der Waals surface area contributed by atoms with E-state index in [2.05, 4.69) is 9.46 Å². The Labute approximate surface area is 115 Å². The number of sulfonamides is 1. The number of hydrogen-bond donors (Lipinski definition) is 1. The number of nitrogens with zero attached hydrogens (tertiary/aromatic N) is 1. The molecule has 3 unspecified atom stereocenters. The number of carbonyl (C=O) groups is 1. The molecule has 1 rings (SSSR count). The van der Waals surface area contributed by atoms with Gasteiger partial charge < -0.3 is 9.64 Å². The lowest BCUT2D eigenvalue weighted by atomic mass is 10.1. The van der Waals surface area contributed by atoms with Crippen LogP contribution < -0.4 is 4.72 Å². The Kier molecular flexibility index (Phi) is 5.76. The molecule has 0 aromatic rings. The van der Waals surface area contributed by atoms with Crippen molar-refractivity contribution in [2.45, 2.75) is 37.5 Å². The summed E-state index contributed by atoms with van der Waals surface area (Å²) in [6.45, 7) is 2.44. The van der Waals surface area contributed by atoms with Crippen LogP contribution in [0.5, 0.6) is 0 Å². The normalized spacial score (nSPS) is 25.5. The second-order valence-corrected chi connectivity index (χ2v) is 7.36. The molecule has 1 fully saturated rings. The molecular weight excluding hydrogens is 268 g/mol. The van der Waals surface area contributed by atoms with Crippen LogP contribution in [0.4, 0.5) is 0 Å². The van der Waals surface area contributed by atoms with Crippen molar-refractivity contribution in [3.05, 3.63) is 0 Å². The first-order chi connectivity index (χ1) is 8.77. The molecule has 1 N–H and O–H groups in total. The molecule has 1 aliphatic carbocycles. The van der Waals surface area contributed by atoms with Gasteiger partial charge in [0.15, 0.2) is 0 Å². The summed E-state index contributed by atoms with van der Waals surface area (Å²) in [6.07, 6.45) is 1.84. The Morgan fingerprint density at radius 2 is 2.05 bits per heavy atom. The fourth-order valence-electron chi connectivity index (χ4n) is 2.67. The van der Waals surface area contributed by atoms with E-state index in [0.29, 0.717) is 19.4 Å². The van der Waals surface area contributed by atoms with Crippen LogP contribution in [0.2, 0.25) is 0 Å². The van der Waals surface area contributed by atoms with Gasteiger partial charge in [-0.25, -0.2) is 13.1 Å². The number of nitrogens with one attached hydrogen (secondary N) is 1. The summed E-state index contributed by atoms with van der Waals surface area (Å²) >= 11 is 0. The maximum Gasteiger partial charge on any atom is 0.310 e. The maximum absolute atomic E-state index is 12.3. The largest absolute Gasteiger partial charge is 0.469 e. The van der Waals surface area contributed by atoms with Crippen molar-refractivity contribution in [3.63, 3.8) is 0 Å². The number of rotatable bonds is 6. The zero-order valence-electron chi connectivity index (χ0n) is 12.0. The van der Waals surface area contributed by atoms with E-state index in [1.54, 1.807) is 0 Å². The molecule has 3 atom stereocenters. The maximum atomic E-state index is 12.3. The average Bonchev–Trinajstić information content (AvgIpc) is 2.75. The van der Waals surface area contributed by atoms with E-state index in [1.165, 1.54) is 7.11 Å². The third-order valence-corrected chi connectivity index (χ3v) is 5.45. The van der Waals surface area contributed by atoms with Gasteiger partial charge in [-0.05, 0) is 33.9 Å². The summed E-state index contributed by atoms with van der Waals surface area (Å²) in [5.74, 6) is -0.956. The van der Waals surface area contributed by atoms with Gasteiger partial charge in [0.2, 0.25) is 10.0 Å². The topological polar surface area (TPSA) is 75.7 Å². The average molecular weight is 292 g/mol. The summed E-state index contributed by atoms with van der Waals surface area (Å²) in [5.41, 5.74) is 0. The van der Waals surface area contributed by atoms with Crippen molar-refractivity contribution in [2.24, 2.45) is 5.92 Å². The Morgan fingerprint density at radius 3 is 2.58 bits per heavy atom. The van der Waals surface area contributed by atoms with Crippen LogP contribution in [0.3, 0.4) is 0 Å². The van der Waals surface area contributed by atoms with Crippen LogP contribution in [0.15, 0.2) is 0 Å². The molecule has 0 spiro atoms. The lowest BCUT2D eigenvalue weighted by Crippen LogP contribution is -2.46. The minimum Gasteiger partial charge on any atom is -0.469 e. The van der Waals surface area contributed by atoms with E-state index in [-0.39, 0.29) is 6.04 Å². The highest BCUT2D eigenvalue weighted by Gasteiger charge is 2.42. The summed E-state index contributed by atoms with van der Waals surface area (Å²) in [4.78, 5) is 13.5. The van der Waals surface area contributed by atoms with Crippen molar-refractivity contribution >= 4 is 16.0 Å². The van der Waals surface area contributed by atoms with Crippen molar-refractivity contribution < 1.29 is 17.9 Å². The van der Waals surface area contributed by atoms with E-state index in [9.17, 15) is 13.2 Å². The predicted octanol–water partition coefficient (Wildman–Crippen LogP) is 0.198. The van der Waals surface area contributed by atoms with E-state index >= 15 is 0 Å². The standard InChI is InChI=1S/C12H24N2O4S/c1-9(8-14(2)3)13-19(16,17)11-7-5-6-10(11)12(15)18-4/h9-11,13H,5-8H2,1-4H3. The molecule has 19 heavy (non-hydrogen) atoms. The molecule has 0 aromatic heterocycles. The summed E-state index contributed by atoms with van der Waals surface area (Å²) in [7, 11) is 1.58. The van der Waals surface area contributed by atoms with Crippen molar-refractivity contribution in [1.82, 2.24) is 9.62 Å². The van der Waals surface area contributed by atoms with E-state index < -0.39 is 27.2 Å². The molecular formula is C12H24N2O4S. The monoisotopic (exact) mass is 292 g/mol. The van der Waals surface area contributed by atoms with Gasteiger partial charge in [-0.15, -0.1) is 0 Å². The third-order valence-electron chi connectivity index (χ3n) is 3.36. The molecule has 1 aliphatic rings. The van der Waals surface area contributed by atoms with E-state index in [0.717, 1.165) is 6.42 Å². The second-order valence-electron chi connectivity index (χ2n) is 5.43. The first-order valence-electron chi connectivity index (χ1n) is 6.51. The summed E-state index contributed by atoms with van der Waals surface area (Å²) in [5, 5.41) is -0.662. The lowest BCUT2D eigenvalue weighted by Gasteiger charge is -2.23. The quantitative estimate of drug-likeness (QED) is 0.708. The number of ether oxygens (including phenoxy) is 1. The predicted molar refractivity (Wildman–Crippen MR) is 73.2 cm³/mol. The molecule has 0 aromatic carbocycles. The first kappa shape index (κ1) is 16.4. The van der Waals surface area contributed by atoms with E-state index in [4.69, 9.17) is 0 Å².